The second-order valence-corrected chi connectivity index (χ2v) is 8.79. The first-order valence-corrected chi connectivity index (χ1v) is 11.1. The van der Waals surface area contributed by atoms with Crippen LogP contribution in [0.15, 0.2) is 69.9 Å². The van der Waals surface area contributed by atoms with Gasteiger partial charge in [0, 0.05) is 16.6 Å². The lowest BCUT2D eigenvalue weighted by Gasteiger charge is -2.25. The molecular formula is C26H19Cl2NO4. The Morgan fingerprint density at radius 3 is 2.42 bits per heavy atom. The fourth-order valence-electron chi connectivity index (χ4n) is 4.25. The molecule has 0 fully saturated rings. The third-order valence-corrected chi connectivity index (χ3v) is 6.75. The summed E-state index contributed by atoms with van der Waals surface area (Å²) in [5.41, 5.74) is 2.66. The third kappa shape index (κ3) is 3.58. The highest BCUT2D eigenvalue weighted by Crippen LogP contribution is 2.40. The van der Waals surface area contributed by atoms with Crippen molar-refractivity contribution in [2.75, 3.05) is 7.11 Å². The van der Waals surface area contributed by atoms with Gasteiger partial charge in [-0.05, 0) is 53.9 Å². The molecule has 1 amide bonds. The highest BCUT2D eigenvalue weighted by molar-refractivity contribution is 6.32. The molecule has 0 radical (unpaired) electrons. The molecule has 1 atom stereocenters. The summed E-state index contributed by atoms with van der Waals surface area (Å²) in [4.78, 5) is 28.8. The zero-order valence-electron chi connectivity index (χ0n) is 17.9. The van der Waals surface area contributed by atoms with Crippen LogP contribution in [0.4, 0.5) is 0 Å². The summed E-state index contributed by atoms with van der Waals surface area (Å²) in [5.74, 6) is 0.355. The van der Waals surface area contributed by atoms with Crippen LogP contribution in [0.5, 0.6) is 5.75 Å². The Morgan fingerprint density at radius 2 is 1.73 bits per heavy atom. The first kappa shape index (κ1) is 21.6. The van der Waals surface area contributed by atoms with E-state index in [0.29, 0.717) is 32.3 Å². The second-order valence-electron chi connectivity index (χ2n) is 7.97. The van der Waals surface area contributed by atoms with Gasteiger partial charge in [0.15, 0.2) is 5.43 Å². The minimum atomic E-state index is -0.643. The van der Waals surface area contributed by atoms with Gasteiger partial charge < -0.3 is 14.1 Å². The second kappa shape index (κ2) is 8.25. The van der Waals surface area contributed by atoms with Crippen molar-refractivity contribution in [3.05, 3.63) is 109 Å². The molecule has 166 valence electrons. The van der Waals surface area contributed by atoms with Crippen LogP contribution in [-0.2, 0) is 6.54 Å². The van der Waals surface area contributed by atoms with Crippen LogP contribution in [0.3, 0.4) is 0 Å². The Hall–Kier alpha value is -3.28. The first-order chi connectivity index (χ1) is 15.9. The lowest BCUT2D eigenvalue weighted by molar-refractivity contribution is 0.0714. The highest BCUT2D eigenvalue weighted by atomic mass is 35.5. The lowest BCUT2D eigenvalue weighted by Crippen LogP contribution is -2.29. The van der Waals surface area contributed by atoms with Crippen molar-refractivity contribution in [3.63, 3.8) is 0 Å². The van der Waals surface area contributed by atoms with Crippen molar-refractivity contribution in [2.24, 2.45) is 0 Å². The molecule has 0 spiro atoms. The Balaban J connectivity index is 1.74. The van der Waals surface area contributed by atoms with Crippen LogP contribution >= 0.6 is 23.2 Å². The minimum absolute atomic E-state index is 0.0436. The summed E-state index contributed by atoms with van der Waals surface area (Å²) in [6, 6.07) is 17.3. The average molecular weight is 480 g/mol. The highest BCUT2D eigenvalue weighted by Gasteiger charge is 2.43. The van der Waals surface area contributed by atoms with E-state index in [1.165, 1.54) is 0 Å². The Kier molecular flexibility index (Phi) is 5.39. The number of carbonyl (C=O) groups excluding carboxylic acids is 1. The maximum Gasteiger partial charge on any atom is 0.291 e. The smallest absolute Gasteiger partial charge is 0.291 e. The van der Waals surface area contributed by atoms with Gasteiger partial charge in [0.2, 0.25) is 5.76 Å². The maximum absolute atomic E-state index is 13.7. The molecule has 33 heavy (non-hydrogen) atoms. The van der Waals surface area contributed by atoms with Crippen molar-refractivity contribution in [3.8, 4) is 5.75 Å². The maximum atomic E-state index is 13.7. The number of nitrogens with zero attached hydrogens (tertiary/aromatic N) is 1. The molecule has 1 unspecified atom stereocenters. The van der Waals surface area contributed by atoms with E-state index in [4.69, 9.17) is 32.4 Å². The van der Waals surface area contributed by atoms with Crippen LogP contribution in [-0.4, -0.2) is 17.9 Å². The molecule has 1 aliphatic heterocycles. The van der Waals surface area contributed by atoms with Crippen LogP contribution in [0.25, 0.3) is 11.0 Å². The van der Waals surface area contributed by atoms with Gasteiger partial charge in [-0.2, -0.15) is 0 Å². The molecule has 1 aliphatic rings. The van der Waals surface area contributed by atoms with Crippen LogP contribution in [0.1, 0.15) is 38.9 Å². The molecule has 0 aliphatic carbocycles. The van der Waals surface area contributed by atoms with E-state index in [9.17, 15) is 9.59 Å². The normalized spacial score (nSPS) is 15.2. The number of carbonyl (C=O) groups is 1. The van der Waals surface area contributed by atoms with Crippen LogP contribution in [0, 0.1) is 6.92 Å². The first-order valence-electron chi connectivity index (χ1n) is 10.3. The fraction of sp³-hybridized carbons (Fsp3) is 0.154. The quantitative estimate of drug-likeness (QED) is 0.351. The van der Waals surface area contributed by atoms with E-state index in [1.54, 1.807) is 42.3 Å². The number of benzene rings is 3. The topological polar surface area (TPSA) is 59.8 Å². The molecule has 4 aromatic rings. The van der Waals surface area contributed by atoms with E-state index >= 15 is 0 Å². The number of fused-ring (bicyclic) bond motifs is 2. The molecule has 3 aromatic carbocycles. The standard InChI is InChI=1S/C26H19Cl2NO4/c1-14-11-21-18(12-20(14)28)24(30)22-23(15-7-9-17(32-2)10-8-15)29(26(31)25(22)33-21)13-16-5-3-4-6-19(16)27/h3-12,23H,13H2,1-2H3. The molecule has 5 nitrogen and oxygen atoms in total. The SMILES string of the molecule is COc1ccc(C2c3c(oc4cc(C)c(Cl)cc4c3=O)C(=O)N2Cc2ccccc2Cl)cc1. The molecule has 2 heterocycles. The van der Waals surface area contributed by atoms with E-state index in [0.717, 1.165) is 16.7 Å². The van der Waals surface area contributed by atoms with Gasteiger partial charge in [-0.25, -0.2) is 0 Å². The molecule has 5 rings (SSSR count). The van der Waals surface area contributed by atoms with Gasteiger partial charge in [-0.15, -0.1) is 0 Å². The predicted octanol–water partition coefficient (Wildman–Crippen LogP) is 6.16. The van der Waals surface area contributed by atoms with Crippen LogP contribution < -0.4 is 10.2 Å². The van der Waals surface area contributed by atoms with Crippen LogP contribution in [0.2, 0.25) is 10.0 Å². The molecule has 0 bridgehead atoms. The van der Waals surface area contributed by atoms with Crippen molar-refractivity contribution < 1.29 is 13.9 Å². The average Bonchev–Trinajstić information content (AvgIpc) is 3.09. The number of ether oxygens (including phenoxy) is 1. The molecule has 0 saturated carbocycles. The van der Waals surface area contributed by atoms with E-state index in [-0.39, 0.29) is 23.6 Å². The Labute approximate surface area is 200 Å². The summed E-state index contributed by atoms with van der Waals surface area (Å²) in [5, 5.41) is 1.35. The number of halogens is 2. The number of hydrogen-bond donors (Lipinski definition) is 0. The van der Waals surface area contributed by atoms with Gasteiger partial charge in [-0.1, -0.05) is 53.5 Å². The fourth-order valence-corrected chi connectivity index (χ4v) is 4.61. The number of rotatable bonds is 4. The van der Waals surface area contributed by atoms with Gasteiger partial charge >= 0.3 is 0 Å². The lowest BCUT2D eigenvalue weighted by atomic mass is 9.98. The number of amides is 1. The Bertz CT molecular complexity index is 1460. The van der Waals surface area contributed by atoms with Gasteiger partial charge in [0.1, 0.15) is 11.3 Å². The van der Waals surface area contributed by atoms with E-state index in [1.807, 2.05) is 37.3 Å². The summed E-state index contributed by atoms with van der Waals surface area (Å²) < 4.78 is 11.3. The van der Waals surface area contributed by atoms with Gasteiger partial charge in [-0.3, -0.25) is 9.59 Å². The zero-order valence-corrected chi connectivity index (χ0v) is 19.4. The number of methoxy groups -OCH3 is 1. The van der Waals surface area contributed by atoms with E-state index < -0.39 is 6.04 Å². The number of hydrogen-bond acceptors (Lipinski definition) is 4. The summed E-state index contributed by atoms with van der Waals surface area (Å²) in [6.07, 6.45) is 0. The van der Waals surface area contributed by atoms with Crippen molar-refractivity contribution in [2.45, 2.75) is 19.5 Å². The summed E-state index contributed by atoms with van der Waals surface area (Å²) >= 11 is 12.7. The van der Waals surface area contributed by atoms with Gasteiger partial charge in [0.25, 0.3) is 5.91 Å². The molecule has 0 saturated heterocycles. The van der Waals surface area contributed by atoms with E-state index in [2.05, 4.69) is 0 Å². The van der Waals surface area contributed by atoms with Gasteiger partial charge in [0.05, 0.1) is 24.1 Å². The molecule has 7 heteroatoms. The zero-order chi connectivity index (χ0) is 23.3. The third-order valence-electron chi connectivity index (χ3n) is 5.98. The minimum Gasteiger partial charge on any atom is -0.497 e. The predicted molar refractivity (Wildman–Crippen MR) is 128 cm³/mol. The molecule has 0 N–H and O–H groups in total. The molecular weight excluding hydrogens is 461 g/mol. The molecule has 1 aromatic heterocycles. The largest absolute Gasteiger partial charge is 0.497 e. The van der Waals surface area contributed by atoms with Crippen molar-refractivity contribution in [1.82, 2.24) is 4.90 Å². The Morgan fingerprint density at radius 1 is 1.00 bits per heavy atom. The summed E-state index contributed by atoms with van der Waals surface area (Å²) in [7, 11) is 1.58. The van der Waals surface area contributed by atoms with Crippen molar-refractivity contribution in [1.29, 1.82) is 0 Å². The van der Waals surface area contributed by atoms with Crippen molar-refractivity contribution >= 4 is 40.1 Å². The summed E-state index contributed by atoms with van der Waals surface area (Å²) in [6.45, 7) is 2.04. The monoisotopic (exact) mass is 479 g/mol. The number of aryl methyl sites for hydroxylation is 1.